The van der Waals surface area contributed by atoms with Crippen LogP contribution in [0.5, 0.6) is 0 Å². The van der Waals surface area contributed by atoms with E-state index >= 15 is 0 Å². The number of nitrogens with zero attached hydrogens (tertiary/aromatic N) is 1. The quantitative estimate of drug-likeness (QED) is 0.0272. The first-order chi connectivity index (χ1) is 43.5. The van der Waals surface area contributed by atoms with Crippen LogP contribution in [0.15, 0.2) is 48.6 Å². The number of allylic oxidation sites excluding steroid dienone is 7. The van der Waals surface area contributed by atoms with Gasteiger partial charge in [-0.1, -0.05) is 390 Å². The van der Waals surface area contributed by atoms with Crippen LogP contribution in [0.25, 0.3) is 0 Å². The van der Waals surface area contributed by atoms with E-state index in [-0.39, 0.29) is 19.1 Å². The van der Waals surface area contributed by atoms with E-state index in [4.69, 9.17) is 9.05 Å². The van der Waals surface area contributed by atoms with Crippen molar-refractivity contribution in [2.75, 3.05) is 40.9 Å². The predicted molar refractivity (Wildman–Crippen MR) is 390 cm³/mol. The summed E-state index contributed by atoms with van der Waals surface area (Å²) in [6.07, 6.45) is 97.0. The number of phosphoric ester groups is 1. The summed E-state index contributed by atoms with van der Waals surface area (Å²) in [5.74, 6) is -0.189. The van der Waals surface area contributed by atoms with Gasteiger partial charge in [0.15, 0.2) is 0 Å². The molecule has 0 aromatic rings. The number of quaternary nitrogens is 1. The average molecular weight is 1270 g/mol. The Balaban J connectivity index is 3.96. The van der Waals surface area contributed by atoms with Crippen molar-refractivity contribution in [3.8, 4) is 0 Å². The van der Waals surface area contributed by atoms with Crippen molar-refractivity contribution < 1.29 is 32.9 Å². The molecule has 9 heteroatoms. The molecule has 3 atom stereocenters. The van der Waals surface area contributed by atoms with Gasteiger partial charge in [0.05, 0.1) is 39.9 Å². The largest absolute Gasteiger partial charge is 0.756 e. The van der Waals surface area contributed by atoms with Crippen molar-refractivity contribution in [3.05, 3.63) is 48.6 Å². The molecule has 89 heavy (non-hydrogen) atoms. The molecule has 526 valence electrons. The minimum absolute atomic E-state index is 0.000891. The van der Waals surface area contributed by atoms with Crippen LogP contribution in [-0.4, -0.2) is 68.5 Å². The Bertz CT molecular complexity index is 1590. The molecule has 0 rings (SSSR count). The van der Waals surface area contributed by atoms with Gasteiger partial charge in [-0.3, -0.25) is 9.36 Å². The van der Waals surface area contributed by atoms with Crippen LogP contribution >= 0.6 is 7.82 Å². The first-order valence-electron chi connectivity index (χ1n) is 39.5. The number of nitrogens with one attached hydrogen (secondary N) is 1. The summed E-state index contributed by atoms with van der Waals surface area (Å²) in [5.41, 5.74) is 0. The van der Waals surface area contributed by atoms with Crippen LogP contribution in [0.1, 0.15) is 406 Å². The van der Waals surface area contributed by atoms with E-state index in [1.807, 2.05) is 27.2 Å². The minimum atomic E-state index is -4.61. The van der Waals surface area contributed by atoms with Gasteiger partial charge in [-0.2, -0.15) is 0 Å². The summed E-state index contributed by atoms with van der Waals surface area (Å²) in [5, 5.41) is 14.0. The minimum Gasteiger partial charge on any atom is -0.756 e. The van der Waals surface area contributed by atoms with E-state index in [1.54, 1.807) is 6.08 Å². The Hall–Kier alpha value is -1.54. The van der Waals surface area contributed by atoms with Gasteiger partial charge >= 0.3 is 0 Å². The molecule has 0 saturated carbocycles. The summed E-state index contributed by atoms with van der Waals surface area (Å²) < 4.78 is 23.5. The molecule has 0 fully saturated rings. The van der Waals surface area contributed by atoms with Crippen LogP contribution < -0.4 is 10.2 Å². The monoisotopic (exact) mass is 1270 g/mol. The highest BCUT2D eigenvalue weighted by molar-refractivity contribution is 7.45. The number of carbonyl (C=O) groups excluding carboxylic acids is 1. The molecule has 3 unspecified atom stereocenters. The number of rotatable bonds is 74. The number of unbranched alkanes of at least 4 members (excludes halogenated alkanes) is 55. The number of likely N-dealkylation sites (N-methyl/N-ethyl adjacent to an activating group) is 1. The lowest BCUT2D eigenvalue weighted by molar-refractivity contribution is -0.870. The molecule has 0 aliphatic rings. The third-order valence-electron chi connectivity index (χ3n) is 18.3. The first-order valence-corrected chi connectivity index (χ1v) is 41.0. The Morgan fingerprint density at radius 2 is 0.652 bits per heavy atom. The standard InChI is InChI=1S/C80H155N2O6P/c1-6-8-10-12-14-16-18-20-22-24-26-28-30-32-34-36-38-39-40-41-42-43-44-46-48-50-52-54-56-58-60-62-64-66-68-70-72-74-80(84)81-78(77-88-89(85,86)87-76-75-82(3,4)5)79(83)73-71-69-67-65-63-61-59-57-55-53-51-49-47-45-37-35-33-31-29-27-25-23-21-19-17-15-13-11-9-7-2/h18,20,24,26,30,32,71,73,78-79,83H,6-17,19,21-23,25,27-29,31,33-70,72,74-77H2,1-5H3,(H-,81,84,85,86)/b20-18-,26-24-,32-30-,73-71+. The molecule has 0 aromatic heterocycles. The number of aliphatic hydroxyl groups is 1. The van der Waals surface area contributed by atoms with Gasteiger partial charge in [-0.25, -0.2) is 0 Å². The molecule has 8 nitrogen and oxygen atoms in total. The van der Waals surface area contributed by atoms with Crippen molar-refractivity contribution in [2.24, 2.45) is 0 Å². The van der Waals surface area contributed by atoms with Crippen molar-refractivity contribution in [1.82, 2.24) is 5.32 Å². The molecule has 0 aliphatic carbocycles. The van der Waals surface area contributed by atoms with E-state index < -0.39 is 20.0 Å². The van der Waals surface area contributed by atoms with Gasteiger partial charge in [0.2, 0.25) is 5.91 Å². The molecule has 0 heterocycles. The molecule has 2 N–H and O–H groups in total. The molecular weight excluding hydrogens is 1120 g/mol. The van der Waals surface area contributed by atoms with Crippen molar-refractivity contribution in [2.45, 2.75) is 418 Å². The van der Waals surface area contributed by atoms with Gasteiger partial charge in [0, 0.05) is 6.42 Å². The highest BCUT2D eigenvalue weighted by atomic mass is 31.2. The smallest absolute Gasteiger partial charge is 0.268 e. The molecule has 0 bridgehead atoms. The van der Waals surface area contributed by atoms with Gasteiger partial charge in [0.1, 0.15) is 13.2 Å². The van der Waals surface area contributed by atoms with Crippen LogP contribution in [0.3, 0.4) is 0 Å². The highest BCUT2D eigenvalue weighted by Gasteiger charge is 2.23. The van der Waals surface area contributed by atoms with Crippen LogP contribution in [0, 0.1) is 0 Å². The zero-order chi connectivity index (χ0) is 64.8. The molecule has 0 aliphatic heterocycles. The number of hydrogen-bond donors (Lipinski definition) is 2. The fraction of sp³-hybridized carbons (Fsp3) is 0.887. The lowest BCUT2D eigenvalue weighted by Crippen LogP contribution is -2.45. The SMILES string of the molecule is CCCCCCC/C=C\C/C=C\C/C=C\CCCCCCCCCCCCCCCCCCCCCCCCC(=O)NC(COP(=O)([O-])OCC[N+](C)(C)C)C(O)/C=C/CCCCCCCCCCCCCCCCCCCCCCCCCCCCCC. The number of amides is 1. The normalized spacial score (nSPS) is 13.7. The number of carbonyl (C=O) groups is 1. The molecule has 0 radical (unpaired) electrons. The van der Waals surface area contributed by atoms with E-state index in [0.717, 1.165) is 51.4 Å². The van der Waals surface area contributed by atoms with E-state index in [0.29, 0.717) is 17.4 Å². The Labute approximate surface area is 556 Å². The van der Waals surface area contributed by atoms with Gasteiger partial charge in [0.25, 0.3) is 7.82 Å². The lowest BCUT2D eigenvalue weighted by atomic mass is 10.0. The van der Waals surface area contributed by atoms with Gasteiger partial charge < -0.3 is 28.8 Å². The van der Waals surface area contributed by atoms with Crippen molar-refractivity contribution >= 4 is 13.7 Å². The zero-order valence-electron chi connectivity index (χ0n) is 60.4. The summed E-state index contributed by atoms with van der Waals surface area (Å²) in [6, 6.07) is -0.888. The van der Waals surface area contributed by atoms with Crippen LogP contribution in [-0.2, 0) is 18.4 Å². The second-order valence-corrected chi connectivity index (χ2v) is 29.8. The molecule has 0 spiro atoms. The maximum absolute atomic E-state index is 13.1. The molecular formula is C80H155N2O6P. The fourth-order valence-corrected chi connectivity index (χ4v) is 12.9. The number of phosphoric acid groups is 1. The third kappa shape index (κ3) is 73.7. The number of hydrogen-bond acceptors (Lipinski definition) is 6. The number of aliphatic hydroxyl groups excluding tert-OH is 1. The Kier molecular flexibility index (Phi) is 69.5. The van der Waals surface area contributed by atoms with E-state index in [2.05, 4.69) is 55.6 Å². The van der Waals surface area contributed by atoms with E-state index in [1.165, 1.54) is 334 Å². The first kappa shape index (κ1) is 87.5. The fourth-order valence-electron chi connectivity index (χ4n) is 12.2. The van der Waals surface area contributed by atoms with Crippen molar-refractivity contribution in [1.29, 1.82) is 0 Å². The predicted octanol–water partition coefficient (Wildman–Crippen LogP) is 25.1. The topological polar surface area (TPSA) is 108 Å². The second kappa shape index (κ2) is 70.8. The van der Waals surface area contributed by atoms with Crippen molar-refractivity contribution in [3.63, 3.8) is 0 Å². The maximum Gasteiger partial charge on any atom is 0.268 e. The highest BCUT2D eigenvalue weighted by Crippen LogP contribution is 2.38. The Morgan fingerprint density at radius 3 is 0.944 bits per heavy atom. The summed E-state index contributed by atoms with van der Waals surface area (Å²) in [6.45, 7) is 4.70. The van der Waals surface area contributed by atoms with Crippen LogP contribution in [0.4, 0.5) is 0 Å². The molecule has 0 saturated heterocycles. The lowest BCUT2D eigenvalue weighted by Gasteiger charge is -2.29. The van der Waals surface area contributed by atoms with Gasteiger partial charge in [-0.15, -0.1) is 0 Å². The van der Waals surface area contributed by atoms with Crippen LogP contribution in [0.2, 0.25) is 0 Å². The average Bonchev–Trinajstić information content (AvgIpc) is 3.57. The van der Waals surface area contributed by atoms with Gasteiger partial charge in [-0.05, 0) is 57.8 Å². The second-order valence-electron chi connectivity index (χ2n) is 28.4. The molecule has 0 aromatic carbocycles. The maximum atomic E-state index is 13.1. The summed E-state index contributed by atoms with van der Waals surface area (Å²) in [7, 11) is 1.28. The van der Waals surface area contributed by atoms with E-state index in [9.17, 15) is 19.4 Å². The Morgan fingerprint density at radius 1 is 0.393 bits per heavy atom. The summed E-state index contributed by atoms with van der Waals surface area (Å²) >= 11 is 0. The zero-order valence-corrected chi connectivity index (χ0v) is 61.3. The third-order valence-corrected chi connectivity index (χ3v) is 19.2. The molecule has 1 amide bonds. The summed E-state index contributed by atoms with van der Waals surface area (Å²) in [4.78, 5) is 25.7.